The second-order valence-corrected chi connectivity index (χ2v) is 3.70. The Kier molecular flexibility index (Phi) is 5.74. The molecule has 1 aromatic rings. The van der Waals surface area contributed by atoms with Crippen molar-refractivity contribution in [2.75, 3.05) is 38.8 Å². The molecule has 5 nitrogen and oxygen atoms in total. The summed E-state index contributed by atoms with van der Waals surface area (Å²) < 4.78 is 5.00. The zero-order valence-electron chi connectivity index (χ0n) is 10.0. The Morgan fingerprint density at radius 1 is 1.38 bits per heavy atom. The number of methoxy groups -OCH3 is 1. The van der Waals surface area contributed by atoms with Crippen molar-refractivity contribution < 1.29 is 4.74 Å². The molecule has 0 spiro atoms. The maximum atomic E-state index is 5.46. The summed E-state index contributed by atoms with van der Waals surface area (Å²) >= 11 is 0. The molecule has 0 saturated carbocycles. The fourth-order valence-corrected chi connectivity index (χ4v) is 1.39. The lowest BCUT2D eigenvalue weighted by molar-refractivity contribution is 0.196. The van der Waals surface area contributed by atoms with Crippen LogP contribution in [0.15, 0.2) is 12.4 Å². The Hall–Kier alpha value is -1.20. The topological polar surface area (TPSA) is 64.3 Å². The van der Waals surface area contributed by atoms with Gasteiger partial charge in [-0.15, -0.1) is 0 Å². The first-order chi connectivity index (χ1) is 7.77. The van der Waals surface area contributed by atoms with Gasteiger partial charge in [-0.1, -0.05) is 0 Å². The van der Waals surface area contributed by atoms with Gasteiger partial charge in [0.05, 0.1) is 0 Å². The van der Waals surface area contributed by atoms with Crippen molar-refractivity contribution in [3.8, 4) is 0 Å². The monoisotopic (exact) mass is 224 g/mol. The van der Waals surface area contributed by atoms with Crippen LogP contribution in [-0.2, 0) is 11.2 Å². The van der Waals surface area contributed by atoms with Gasteiger partial charge < -0.3 is 15.4 Å². The molecule has 0 radical (unpaired) electrons. The zero-order valence-corrected chi connectivity index (χ0v) is 10.0. The molecule has 16 heavy (non-hydrogen) atoms. The van der Waals surface area contributed by atoms with Gasteiger partial charge in [-0.25, -0.2) is 9.97 Å². The first-order valence-electron chi connectivity index (χ1n) is 5.49. The number of hydrogen-bond donors (Lipinski definition) is 1. The van der Waals surface area contributed by atoms with E-state index >= 15 is 0 Å². The van der Waals surface area contributed by atoms with Crippen LogP contribution < -0.4 is 10.6 Å². The van der Waals surface area contributed by atoms with E-state index in [4.69, 9.17) is 10.5 Å². The highest BCUT2D eigenvalue weighted by Gasteiger charge is 2.03. The van der Waals surface area contributed by atoms with Gasteiger partial charge in [0.15, 0.2) is 0 Å². The van der Waals surface area contributed by atoms with Crippen LogP contribution in [-0.4, -0.2) is 43.8 Å². The van der Waals surface area contributed by atoms with E-state index in [1.807, 2.05) is 24.3 Å². The van der Waals surface area contributed by atoms with E-state index in [1.54, 1.807) is 7.11 Å². The van der Waals surface area contributed by atoms with Crippen LogP contribution >= 0.6 is 0 Å². The van der Waals surface area contributed by atoms with Gasteiger partial charge in [0.2, 0.25) is 5.95 Å². The van der Waals surface area contributed by atoms with E-state index < -0.39 is 0 Å². The summed E-state index contributed by atoms with van der Waals surface area (Å²) in [6, 6.07) is 0. The molecular formula is C11H20N4O. The highest BCUT2D eigenvalue weighted by atomic mass is 16.5. The summed E-state index contributed by atoms with van der Waals surface area (Å²) in [5.41, 5.74) is 6.54. The van der Waals surface area contributed by atoms with Crippen molar-refractivity contribution in [3.05, 3.63) is 18.0 Å². The second-order valence-electron chi connectivity index (χ2n) is 3.70. The van der Waals surface area contributed by atoms with Crippen LogP contribution in [0.25, 0.3) is 0 Å². The molecule has 0 bridgehead atoms. The molecule has 0 unspecified atom stereocenters. The van der Waals surface area contributed by atoms with E-state index in [0.29, 0.717) is 6.54 Å². The maximum Gasteiger partial charge on any atom is 0.224 e. The van der Waals surface area contributed by atoms with Crippen LogP contribution in [0.1, 0.15) is 12.0 Å². The highest BCUT2D eigenvalue weighted by Crippen LogP contribution is 2.05. The summed E-state index contributed by atoms with van der Waals surface area (Å²) in [4.78, 5) is 10.6. The third-order valence-corrected chi connectivity index (χ3v) is 2.31. The first-order valence-corrected chi connectivity index (χ1v) is 5.49. The van der Waals surface area contributed by atoms with E-state index in [-0.39, 0.29) is 0 Å². The molecule has 5 heteroatoms. The van der Waals surface area contributed by atoms with Crippen LogP contribution in [0.4, 0.5) is 5.95 Å². The molecule has 0 amide bonds. The van der Waals surface area contributed by atoms with Crippen molar-refractivity contribution in [1.29, 1.82) is 0 Å². The van der Waals surface area contributed by atoms with Crippen molar-refractivity contribution in [1.82, 2.24) is 9.97 Å². The molecule has 0 aromatic carbocycles. The molecule has 2 N–H and O–H groups in total. The molecule has 1 heterocycles. The van der Waals surface area contributed by atoms with Crippen molar-refractivity contribution in [2.45, 2.75) is 12.8 Å². The number of hydrogen-bond acceptors (Lipinski definition) is 5. The fourth-order valence-electron chi connectivity index (χ4n) is 1.39. The Balaban J connectivity index is 2.46. The molecule has 0 atom stereocenters. The Morgan fingerprint density at radius 3 is 2.62 bits per heavy atom. The fraction of sp³-hybridized carbons (Fsp3) is 0.636. The van der Waals surface area contributed by atoms with Crippen molar-refractivity contribution >= 4 is 5.95 Å². The minimum Gasteiger partial charge on any atom is -0.385 e. The van der Waals surface area contributed by atoms with Gasteiger partial charge in [0.1, 0.15) is 0 Å². The van der Waals surface area contributed by atoms with Gasteiger partial charge in [-0.05, 0) is 24.9 Å². The molecule has 90 valence electrons. The van der Waals surface area contributed by atoms with Gasteiger partial charge in [-0.2, -0.15) is 0 Å². The van der Waals surface area contributed by atoms with Crippen molar-refractivity contribution in [2.24, 2.45) is 5.73 Å². The summed E-state index contributed by atoms with van der Waals surface area (Å²) in [7, 11) is 3.69. The molecule has 1 rings (SSSR count). The number of aromatic nitrogens is 2. The second kappa shape index (κ2) is 7.14. The van der Waals surface area contributed by atoms with Crippen LogP contribution in [0, 0.1) is 0 Å². The number of rotatable bonds is 7. The largest absolute Gasteiger partial charge is 0.385 e. The lowest BCUT2D eigenvalue weighted by atomic mass is 10.2. The maximum absolute atomic E-state index is 5.46. The minimum absolute atomic E-state index is 0.631. The van der Waals surface area contributed by atoms with Gasteiger partial charge in [-0.3, -0.25) is 0 Å². The standard InChI is InChI=1S/C11H20N4O/c1-15(6-3-7-16-2)11-13-8-10(4-5-12)9-14-11/h8-9H,3-7,12H2,1-2H3. The number of ether oxygens (including phenoxy) is 1. The summed E-state index contributed by atoms with van der Waals surface area (Å²) in [5.74, 6) is 0.747. The molecule has 0 aliphatic rings. The summed E-state index contributed by atoms with van der Waals surface area (Å²) in [5, 5.41) is 0. The van der Waals surface area contributed by atoms with Crippen LogP contribution in [0.5, 0.6) is 0 Å². The SMILES string of the molecule is COCCCN(C)c1ncc(CCN)cn1. The Morgan fingerprint density at radius 2 is 2.06 bits per heavy atom. The van der Waals surface area contributed by atoms with E-state index in [9.17, 15) is 0 Å². The number of nitrogens with zero attached hydrogens (tertiary/aromatic N) is 3. The summed E-state index contributed by atoms with van der Waals surface area (Å²) in [6.07, 6.45) is 5.47. The average molecular weight is 224 g/mol. The third kappa shape index (κ3) is 4.12. The van der Waals surface area contributed by atoms with Crippen LogP contribution in [0.3, 0.4) is 0 Å². The normalized spacial score (nSPS) is 10.4. The van der Waals surface area contributed by atoms with Crippen LogP contribution in [0.2, 0.25) is 0 Å². The van der Waals surface area contributed by atoms with Gasteiger partial charge >= 0.3 is 0 Å². The predicted molar refractivity (Wildman–Crippen MR) is 64.6 cm³/mol. The highest BCUT2D eigenvalue weighted by molar-refractivity contribution is 5.28. The average Bonchev–Trinajstić information content (AvgIpc) is 2.30. The quantitative estimate of drug-likeness (QED) is 0.681. The molecule has 1 aromatic heterocycles. The zero-order chi connectivity index (χ0) is 11.8. The Bertz CT molecular complexity index is 289. The number of nitrogens with two attached hydrogens (primary N) is 1. The minimum atomic E-state index is 0.631. The first kappa shape index (κ1) is 12.9. The molecule has 0 aliphatic heterocycles. The summed E-state index contributed by atoms with van der Waals surface area (Å²) in [6.45, 7) is 2.28. The van der Waals surface area contributed by atoms with E-state index in [1.165, 1.54) is 0 Å². The predicted octanol–water partition coefficient (Wildman–Crippen LogP) is 0.451. The molecule has 0 fully saturated rings. The third-order valence-electron chi connectivity index (χ3n) is 2.31. The molecule has 0 saturated heterocycles. The molecular weight excluding hydrogens is 204 g/mol. The number of anilines is 1. The van der Waals surface area contributed by atoms with Gasteiger partial charge in [0.25, 0.3) is 0 Å². The Labute approximate surface area is 96.6 Å². The van der Waals surface area contributed by atoms with E-state index in [2.05, 4.69) is 9.97 Å². The lowest BCUT2D eigenvalue weighted by Gasteiger charge is -2.16. The smallest absolute Gasteiger partial charge is 0.224 e. The molecule has 0 aliphatic carbocycles. The van der Waals surface area contributed by atoms with Crippen molar-refractivity contribution in [3.63, 3.8) is 0 Å². The lowest BCUT2D eigenvalue weighted by Crippen LogP contribution is -2.22. The van der Waals surface area contributed by atoms with Gasteiger partial charge in [0, 0.05) is 39.7 Å². The van der Waals surface area contributed by atoms with E-state index in [0.717, 1.165) is 37.5 Å².